The average Bonchev–Trinajstić information content (AvgIpc) is 2.36. The van der Waals surface area contributed by atoms with E-state index in [4.69, 9.17) is 0 Å². The fraction of sp³-hybridized carbons (Fsp3) is 0.846. The second-order valence-corrected chi connectivity index (χ2v) is 4.94. The van der Waals surface area contributed by atoms with Gasteiger partial charge in [0.2, 0.25) is 0 Å². The highest BCUT2D eigenvalue weighted by atomic mass is 16.3. The van der Waals surface area contributed by atoms with Crippen molar-refractivity contribution in [3.63, 3.8) is 0 Å². The van der Waals surface area contributed by atoms with Crippen LogP contribution in [0.25, 0.3) is 0 Å². The lowest BCUT2D eigenvalue weighted by Crippen LogP contribution is -2.45. The third-order valence-corrected chi connectivity index (χ3v) is 3.86. The molecule has 1 aliphatic rings. The fourth-order valence-electron chi connectivity index (χ4n) is 2.11. The summed E-state index contributed by atoms with van der Waals surface area (Å²) in [6.07, 6.45) is 7.35. The Hall–Kier alpha value is -0.540. The van der Waals surface area contributed by atoms with Crippen LogP contribution in [0.5, 0.6) is 0 Å². The van der Waals surface area contributed by atoms with Crippen molar-refractivity contribution in [2.75, 3.05) is 20.7 Å². The van der Waals surface area contributed by atoms with Crippen LogP contribution >= 0.6 is 0 Å². The van der Waals surface area contributed by atoms with E-state index in [9.17, 15) is 5.11 Å². The van der Waals surface area contributed by atoms with Gasteiger partial charge in [0, 0.05) is 32.4 Å². The predicted octanol–water partition coefficient (Wildman–Crippen LogP) is 2.24. The molecule has 0 amide bonds. The summed E-state index contributed by atoms with van der Waals surface area (Å²) in [4.78, 5) is 0. The van der Waals surface area contributed by atoms with Crippen molar-refractivity contribution in [2.45, 2.75) is 45.6 Å². The molecule has 0 aliphatic heterocycles. The van der Waals surface area contributed by atoms with E-state index in [1.807, 2.05) is 0 Å². The van der Waals surface area contributed by atoms with Crippen LogP contribution in [0.15, 0.2) is 11.8 Å². The Morgan fingerprint density at radius 3 is 2.50 bits per heavy atom. The molecule has 3 heteroatoms. The van der Waals surface area contributed by atoms with E-state index in [-0.39, 0.29) is 6.61 Å². The van der Waals surface area contributed by atoms with Crippen molar-refractivity contribution in [1.82, 2.24) is 10.0 Å². The van der Waals surface area contributed by atoms with Crippen molar-refractivity contribution in [3.8, 4) is 0 Å². The SMILES string of the molecule is CC(CO)C(C)N(C)N(C)C1=CCCCC1. The molecular formula is C13H26N2O. The first-order valence-electron chi connectivity index (χ1n) is 6.34. The molecule has 0 bridgehead atoms. The smallest absolute Gasteiger partial charge is 0.0472 e. The molecule has 1 aliphatic carbocycles. The summed E-state index contributed by atoms with van der Waals surface area (Å²) >= 11 is 0. The molecule has 0 saturated heterocycles. The fourth-order valence-corrected chi connectivity index (χ4v) is 2.11. The Morgan fingerprint density at radius 2 is 2.00 bits per heavy atom. The molecule has 0 aromatic heterocycles. The number of hydrogen-bond donors (Lipinski definition) is 1. The second kappa shape index (κ2) is 6.26. The maximum Gasteiger partial charge on any atom is 0.0472 e. The number of aliphatic hydroxyl groups excluding tert-OH is 1. The topological polar surface area (TPSA) is 26.7 Å². The summed E-state index contributed by atoms with van der Waals surface area (Å²) < 4.78 is 0. The van der Waals surface area contributed by atoms with Crippen LogP contribution in [0, 0.1) is 5.92 Å². The minimum Gasteiger partial charge on any atom is -0.396 e. The molecule has 0 radical (unpaired) electrons. The zero-order valence-electron chi connectivity index (χ0n) is 11.1. The Kier molecular flexibility index (Phi) is 5.29. The molecule has 0 heterocycles. The van der Waals surface area contributed by atoms with Gasteiger partial charge in [0.05, 0.1) is 0 Å². The summed E-state index contributed by atoms with van der Waals surface area (Å²) in [5, 5.41) is 13.7. The van der Waals surface area contributed by atoms with E-state index in [1.54, 1.807) is 0 Å². The highest BCUT2D eigenvalue weighted by molar-refractivity contribution is 5.02. The van der Waals surface area contributed by atoms with Crippen molar-refractivity contribution < 1.29 is 5.11 Å². The summed E-state index contributed by atoms with van der Waals surface area (Å²) in [6.45, 7) is 4.50. The van der Waals surface area contributed by atoms with Gasteiger partial charge in [-0.05, 0) is 38.5 Å². The average molecular weight is 226 g/mol. The van der Waals surface area contributed by atoms with Gasteiger partial charge in [0.1, 0.15) is 0 Å². The Bertz CT molecular complexity index is 240. The van der Waals surface area contributed by atoms with Gasteiger partial charge in [-0.15, -0.1) is 0 Å². The lowest BCUT2D eigenvalue weighted by Gasteiger charge is -2.39. The molecular weight excluding hydrogens is 200 g/mol. The highest BCUT2D eigenvalue weighted by Crippen LogP contribution is 2.22. The van der Waals surface area contributed by atoms with Gasteiger partial charge >= 0.3 is 0 Å². The number of aliphatic hydroxyl groups is 1. The van der Waals surface area contributed by atoms with Crippen LogP contribution in [-0.4, -0.2) is 41.9 Å². The molecule has 16 heavy (non-hydrogen) atoms. The Balaban J connectivity index is 2.58. The molecule has 2 unspecified atom stereocenters. The molecule has 0 spiro atoms. The van der Waals surface area contributed by atoms with Gasteiger partial charge in [-0.1, -0.05) is 13.0 Å². The normalized spacial score (nSPS) is 20.5. The summed E-state index contributed by atoms with van der Waals surface area (Å²) in [7, 11) is 4.23. The molecule has 3 nitrogen and oxygen atoms in total. The van der Waals surface area contributed by atoms with E-state index in [0.29, 0.717) is 12.0 Å². The van der Waals surface area contributed by atoms with E-state index < -0.39 is 0 Å². The number of hydrogen-bond acceptors (Lipinski definition) is 3. The van der Waals surface area contributed by atoms with E-state index in [1.165, 1.54) is 31.4 Å². The molecule has 0 saturated carbocycles. The molecule has 1 N–H and O–H groups in total. The van der Waals surface area contributed by atoms with Crippen LogP contribution in [0.2, 0.25) is 0 Å². The molecule has 94 valence electrons. The number of rotatable bonds is 5. The molecule has 2 atom stereocenters. The maximum atomic E-state index is 9.19. The van der Waals surface area contributed by atoms with Crippen molar-refractivity contribution in [1.29, 1.82) is 0 Å². The van der Waals surface area contributed by atoms with Gasteiger partial charge in [0.25, 0.3) is 0 Å². The first-order valence-corrected chi connectivity index (χ1v) is 6.34. The van der Waals surface area contributed by atoms with Gasteiger partial charge in [-0.3, -0.25) is 0 Å². The minimum absolute atomic E-state index is 0.248. The lowest BCUT2D eigenvalue weighted by atomic mass is 10.0. The molecule has 0 aromatic carbocycles. The van der Waals surface area contributed by atoms with Gasteiger partial charge in [-0.2, -0.15) is 0 Å². The third-order valence-electron chi connectivity index (χ3n) is 3.86. The summed E-state index contributed by atoms with van der Waals surface area (Å²) in [5.74, 6) is 0.302. The van der Waals surface area contributed by atoms with Crippen LogP contribution in [-0.2, 0) is 0 Å². The standard InChI is InChI=1S/C13H26N2O/c1-11(10-16)12(2)14(3)15(4)13-8-6-5-7-9-13/h8,11-12,16H,5-7,9-10H2,1-4H3. The zero-order chi connectivity index (χ0) is 12.1. The summed E-state index contributed by atoms with van der Waals surface area (Å²) in [6, 6.07) is 0.359. The quantitative estimate of drug-likeness (QED) is 0.728. The van der Waals surface area contributed by atoms with Crippen LogP contribution in [0.1, 0.15) is 39.5 Å². The molecule has 1 rings (SSSR count). The lowest BCUT2D eigenvalue weighted by molar-refractivity contribution is -0.0111. The van der Waals surface area contributed by atoms with Gasteiger partial charge in [0.15, 0.2) is 0 Å². The Labute approximate surface area is 99.7 Å². The second-order valence-electron chi connectivity index (χ2n) is 4.94. The largest absolute Gasteiger partial charge is 0.396 e. The molecule has 0 aromatic rings. The van der Waals surface area contributed by atoms with Crippen LogP contribution < -0.4 is 0 Å². The number of nitrogens with zero attached hydrogens (tertiary/aromatic N) is 2. The van der Waals surface area contributed by atoms with Crippen LogP contribution in [0.4, 0.5) is 0 Å². The highest BCUT2D eigenvalue weighted by Gasteiger charge is 2.21. The first-order chi connectivity index (χ1) is 7.57. The van der Waals surface area contributed by atoms with E-state index in [2.05, 4.69) is 44.0 Å². The predicted molar refractivity (Wildman–Crippen MR) is 67.8 cm³/mol. The van der Waals surface area contributed by atoms with Crippen molar-refractivity contribution in [3.05, 3.63) is 11.8 Å². The maximum absolute atomic E-state index is 9.19. The summed E-state index contributed by atoms with van der Waals surface area (Å²) in [5.41, 5.74) is 1.42. The van der Waals surface area contributed by atoms with Gasteiger partial charge < -0.3 is 10.1 Å². The van der Waals surface area contributed by atoms with Crippen molar-refractivity contribution >= 4 is 0 Å². The Morgan fingerprint density at radius 1 is 1.31 bits per heavy atom. The third kappa shape index (κ3) is 3.22. The van der Waals surface area contributed by atoms with Crippen LogP contribution in [0.3, 0.4) is 0 Å². The van der Waals surface area contributed by atoms with E-state index in [0.717, 1.165) is 0 Å². The molecule has 0 fully saturated rings. The van der Waals surface area contributed by atoms with E-state index >= 15 is 0 Å². The number of hydrazine groups is 1. The monoisotopic (exact) mass is 226 g/mol. The zero-order valence-corrected chi connectivity index (χ0v) is 11.1. The number of allylic oxidation sites excluding steroid dienone is 2. The first kappa shape index (κ1) is 13.5. The van der Waals surface area contributed by atoms with Gasteiger partial charge in [-0.25, -0.2) is 5.01 Å². The van der Waals surface area contributed by atoms with Crippen molar-refractivity contribution in [2.24, 2.45) is 5.92 Å². The minimum atomic E-state index is 0.248.